The van der Waals surface area contributed by atoms with Crippen LogP contribution in [0.15, 0.2) is 0 Å². The summed E-state index contributed by atoms with van der Waals surface area (Å²) >= 11 is 7.11. The highest BCUT2D eigenvalue weighted by Crippen LogP contribution is 2.60. The van der Waals surface area contributed by atoms with Crippen molar-refractivity contribution in [2.45, 2.75) is 35.0 Å². The van der Waals surface area contributed by atoms with E-state index in [1.807, 2.05) is 0 Å². The van der Waals surface area contributed by atoms with Gasteiger partial charge in [-0.2, -0.15) is 0 Å². The second kappa shape index (κ2) is 5.84. The number of carboxylic acids is 2. The summed E-state index contributed by atoms with van der Waals surface area (Å²) in [5.74, 6) is -4.39. The first kappa shape index (κ1) is 16.9. The van der Waals surface area contributed by atoms with Gasteiger partial charge in [0.25, 0.3) is 0 Å². The van der Waals surface area contributed by atoms with Gasteiger partial charge in [-0.3, -0.25) is 19.3 Å². The second-order valence-electron chi connectivity index (χ2n) is 6.34. The zero-order valence-corrected chi connectivity index (χ0v) is 15.1. The molecule has 7 atom stereocenters. The van der Waals surface area contributed by atoms with Gasteiger partial charge in [0.2, 0.25) is 11.8 Å². The summed E-state index contributed by atoms with van der Waals surface area (Å²) in [4.78, 5) is 48.5. The van der Waals surface area contributed by atoms with Crippen molar-refractivity contribution in [1.82, 2.24) is 4.90 Å². The van der Waals surface area contributed by atoms with Crippen LogP contribution >= 0.6 is 31.9 Å². The molecule has 2 saturated carbocycles. The molecule has 0 aromatic carbocycles. The number of imide groups is 1. The van der Waals surface area contributed by atoms with Crippen molar-refractivity contribution < 1.29 is 29.4 Å². The van der Waals surface area contributed by atoms with Crippen LogP contribution in [0, 0.1) is 23.7 Å². The smallest absolute Gasteiger partial charge is 0.326 e. The Hall–Kier alpha value is -0.960. The van der Waals surface area contributed by atoms with Crippen LogP contribution in [0.5, 0.6) is 0 Å². The molecule has 1 heterocycles. The van der Waals surface area contributed by atoms with Gasteiger partial charge < -0.3 is 10.2 Å². The molecule has 0 radical (unpaired) electrons. The standard InChI is InChI=1S/C14H15Br2NO6/c15-10-4-3-5(11(10)16)9-8(4)12(20)17(13(9)21)6(14(22)23)1-2-7(18)19/h4-6,8-11H,1-3H2,(H,18,19)(H,22,23)/t4-,5-,6-,8-,9+,10-,11+/m1/s1. The summed E-state index contributed by atoms with van der Waals surface area (Å²) in [5.41, 5.74) is 0. The molecule has 3 rings (SSSR count). The van der Waals surface area contributed by atoms with Crippen LogP contribution in [0.25, 0.3) is 0 Å². The molecule has 2 aliphatic carbocycles. The zero-order chi connectivity index (χ0) is 17.0. The second-order valence-corrected chi connectivity index (χ2v) is 8.45. The maximum Gasteiger partial charge on any atom is 0.326 e. The van der Waals surface area contributed by atoms with Crippen molar-refractivity contribution in [1.29, 1.82) is 0 Å². The van der Waals surface area contributed by atoms with Gasteiger partial charge in [-0.1, -0.05) is 31.9 Å². The number of hydrogen-bond donors (Lipinski definition) is 2. The first-order chi connectivity index (χ1) is 10.8. The molecule has 0 aromatic heterocycles. The number of rotatable bonds is 5. The molecule has 7 nitrogen and oxygen atoms in total. The molecule has 2 bridgehead atoms. The molecule has 0 spiro atoms. The Bertz CT molecular complexity index is 564. The lowest BCUT2D eigenvalue weighted by Crippen LogP contribution is -2.46. The van der Waals surface area contributed by atoms with E-state index in [9.17, 15) is 24.3 Å². The number of halogens is 2. The van der Waals surface area contributed by atoms with Crippen molar-refractivity contribution >= 4 is 55.6 Å². The molecule has 1 saturated heterocycles. The lowest BCUT2D eigenvalue weighted by Gasteiger charge is -2.28. The van der Waals surface area contributed by atoms with Crippen LogP contribution in [0.4, 0.5) is 0 Å². The minimum Gasteiger partial charge on any atom is -0.481 e. The van der Waals surface area contributed by atoms with E-state index >= 15 is 0 Å². The third kappa shape index (κ3) is 2.43. The summed E-state index contributed by atoms with van der Waals surface area (Å²) in [6.07, 6.45) is 0.0874. The number of likely N-dealkylation sites (tertiary alicyclic amines) is 1. The Kier molecular flexibility index (Phi) is 4.29. The molecule has 3 fully saturated rings. The fourth-order valence-corrected chi connectivity index (χ4v) is 6.18. The highest BCUT2D eigenvalue weighted by Gasteiger charge is 2.67. The maximum atomic E-state index is 12.7. The van der Waals surface area contributed by atoms with Gasteiger partial charge in [0, 0.05) is 16.1 Å². The summed E-state index contributed by atoms with van der Waals surface area (Å²) in [6, 6.07) is -1.40. The van der Waals surface area contributed by atoms with Crippen molar-refractivity contribution in [2.24, 2.45) is 23.7 Å². The van der Waals surface area contributed by atoms with E-state index in [0.29, 0.717) is 0 Å². The van der Waals surface area contributed by atoms with Crippen LogP contribution in [0.2, 0.25) is 0 Å². The SMILES string of the molecule is O=C(O)CC[C@H](C(=O)O)N1C(=O)[C@@H]2[C@H]3C[C@@H]([C@H](Br)[C@@H]3Br)[C@@H]2C1=O. The molecule has 126 valence electrons. The highest BCUT2D eigenvalue weighted by atomic mass is 79.9. The van der Waals surface area contributed by atoms with Gasteiger partial charge in [-0.25, -0.2) is 4.79 Å². The van der Waals surface area contributed by atoms with E-state index in [4.69, 9.17) is 5.11 Å². The number of carbonyl (C=O) groups excluding carboxylic acids is 2. The third-order valence-electron chi connectivity index (χ3n) is 5.25. The molecule has 3 aliphatic rings. The summed E-state index contributed by atoms with van der Waals surface area (Å²) in [7, 11) is 0. The third-order valence-corrected chi connectivity index (χ3v) is 8.46. The molecule has 2 N–H and O–H groups in total. The van der Waals surface area contributed by atoms with Crippen molar-refractivity contribution in [3.63, 3.8) is 0 Å². The van der Waals surface area contributed by atoms with Gasteiger partial charge in [-0.15, -0.1) is 0 Å². The largest absolute Gasteiger partial charge is 0.481 e. The number of carbonyl (C=O) groups is 4. The van der Waals surface area contributed by atoms with Crippen LogP contribution in [-0.2, 0) is 19.2 Å². The Morgan fingerprint density at radius 2 is 1.57 bits per heavy atom. The highest BCUT2D eigenvalue weighted by molar-refractivity contribution is 9.12. The van der Waals surface area contributed by atoms with Gasteiger partial charge in [-0.05, 0) is 24.7 Å². The number of carboxylic acid groups (broad SMARTS) is 2. The Morgan fingerprint density at radius 3 is 1.96 bits per heavy atom. The fraction of sp³-hybridized carbons (Fsp3) is 0.714. The van der Waals surface area contributed by atoms with Crippen LogP contribution in [0.1, 0.15) is 19.3 Å². The number of amides is 2. The number of alkyl halides is 2. The predicted octanol–water partition coefficient (Wildman–Crippen LogP) is 1.08. The van der Waals surface area contributed by atoms with E-state index in [-0.39, 0.29) is 27.9 Å². The molecule has 1 aliphatic heterocycles. The summed E-state index contributed by atoms with van der Waals surface area (Å²) in [5, 5.41) is 18.1. The first-order valence-electron chi connectivity index (χ1n) is 7.35. The van der Waals surface area contributed by atoms with E-state index in [1.54, 1.807) is 0 Å². The molecule has 0 unspecified atom stereocenters. The van der Waals surface area contributed by atoms with Gasteiger partial charge in [0.15, 0.2) is 0 Å². The Balaban J connectivity index is 1.87. The topological polar surface area (TPSA) is 112 Å². The van der Waals surface area contributed by atoms with Crippen LogP contribution in [-0.4, -0.2) is 54.6 Å². The minimum absolute atomic E-state index is 0.00439. The van der Waals surface area contributed by atoms with E-state index < -0.39 is 48.1 Å². The van der Waals surface area contributed by atoms with Crippen molar-refractivity contribution in [3.8, 4) is 0 Å². The average molecular weight is 453 g/mol. The molecular formula is C14H15Br2NO6. The number of hydrogen-bond acceptors (Lipinski definition) is 4. The van der Waals surface area contributed by atoms with Crippen LogP contribution in [0.3, 0.4) is 0 Å². The molecular weight excluding hydrogens is 438 g/mol. The Labute approximate surface area is 148 Å². The first-order valence-corrected chi connectivity index (χ1v) is 9.18. The minimum atomic E-state index is -1.40. The molecule has 9 heteroatoms. The fourth-order valence-electron chi connectivity index (χ4n) is 4.30. The Morgan fingerprint density at radius 1 is 1.09 bits per heavy atom. The van der Waals surface area contributed by atoms with Crippen molar-refractivity contribution in [3.05, 3.63) is 0 Å². The molecule has 0 aromatic rings. The van der Waals surface area contributed by atoms with Gasteiger partial charge in [0.05, 0.1) is 11.8 Å². The molecule has 23 heavy (non-hydrogen) atoms. The number of aliphatic carboxylic acids is 2. The maximum absolute atomic E-state index is 12.7. The predicted molar refractivity (Wildman–Crippen MR) is 84.2 cm³/mol. The summed E-state index contributed by atoms with van der Waals surface area (Å²) < 4.78 is 0. The summed E-state index contributed by atoms with van der Waals surface area (Å²) in [6.45, 7) is 0. The normalized spacial score (nSPS) is 39.7. The van der Waals surface area contributed by atoms with Gasteiger partial charge in [0.1, 0.15) is 6.04 Å². The van der Waals surface area contributed by atoms with Crippen molar-refractivity contribution in [2.75, 3.05) is 0 Å². The zero-order valence-electron chi connectivity index (χ0n) is 11.9. The monoisotopic (exact) mass is 451 g/mol. The molecule has 2 amide bonds. The van der Waals surface area contributed by atoms with E-state index in [1.165, 1.54) is 0 Å². The lowest BCUT2D eigenvalue weighted by atomic mass is 9.81. The van der Waals surface area contributed by atoms with E-state index in [0.717, 1.165) is 11.3 Å². The number of fused-ring (bicyclic) bond motifs is 5. The van der Waals surface area contributed by atoms with Gasteiger partial charge >= 0.3 is 11.9 Å². The average Bonchev–Trinajstić information content (AvgIpc) is 3.06. The van der Waals surface area contributed by atoms with Crippen LogP contribution < -0.4 is 0 Å². The quantitative estimate of drug-likeness (QED) is 0.476. The van der Waals surface area contributed by atoms with E-state index in [2.05, 4.69) is 31.9 Å². The lowest BCUT2D eigenvalue weighted by molar-refractivity contribution is -0.156. The number of nitrogens with zero attached hydrogens (tertiary/aromatic N) is 1.